The standard InChI is InChI=1S/C35H41F2N3O4S/c36-35(37,27-13-11-26(12-14-27)25-9-5-2-6-10-25)33(34(41)40-29-15-16-30(40)22-28(38)21-29)39-45(42,43)32-19-17-31(18-20-32)44-23-24-7-3-1-4-8-24/h2,5-6,9-14,17-20,24,28-30,33,39H,1,3-4,7-8,15-16,21-23,38H2/t28?,29?,30?,33-/m0/s1. The zero-order valence-corrected chi connectivity index (χ0v) is 26.1. The number of nitrogens with zero attached hydrogens (tertiary/aromatic N) is 1. The number of alkyl halides is 2. The minimum atomic E-state index is -4.52. The highest BCUT2D eigenvalue weighted by molar-refractivity contribution is 7.89. The Balaban J connectivity index is 1.26. The summed E-state index contributed by atoms with van der Waals surface area (Å²) < 4.78 is 68.2. The fourth-order valence-corrected chi connectivity index (χ4v) is 8.39. The number of hydrogen-bond acceptors (Lipinski definition) is 5. The second-order valence-electron chi connectivity index (χ2n) is 12.8. The second-order valence-corrected chi connectivity index (χ2v) is 14.5. The first kappa shape index (κ1) is 31.6. The highest BCUT2D eigenvalue weighted by atomic mass is 32.2. The van der Waals surface area contributed by atoms with Crippen LogP contribution in [-0.4, -0.2) is 50.0 Å². The van der Waals surface area contributed by atoms with E-state index in [-0.39, 0.29) is 23.0 Å². The number of piperidine rings is 1. The number of hydrogen-bond donors (Lipinski definition) is 2. The largest absolute Gasteiger partial charge is 0.493 e. The highest BCUT2D eigenvalue weighted by Crippen LogP contribution is 2.40. The Hall–Kier alpha value is -3.34. The minimum Gasteiger partial charge on any atom is -0.493 e. The Morgan fingerprint density at radius 3 is 2.09 bits per heavy atom. The van der Waals surface area contributed by atoms with Crippen molar-refractivity contribution < 1.29 is 26.7 Å². The van der Waals surface area contributed by atoms with Gasteiger partial charge in [0, 0.05) is 23.7 Å². The minimum absolute atomic E-state index is 0.119. The van der Waals surface area contributed by atoms with Gasteiger partial charge in [-0.3, -0.25) is 4.79 Å². The third-order valence-electron chi connectivity index (χ3n) is 9.63. The van der Waals surface area contributed by atoms with Gasteiger partial charge in [-0.2, -0.15) is 13.5 Å². The van der Waals surface area contributed by atoms with Crippen LogP contribution in [0.4, 0.5) is 8.78 Å². The normalized spacial score (nSPS) is 23.1. The first-order valence-corrected chi connectivity index (χ1v) is 17.5. The van der Waals surface area contributed by atoms with E-state index >= 15 is 8.78 Å². The molecule has 7 nitrogen and oxygen atoms in total. The van der Waals surface area contributed by atoms with Gasteiger partial charge in [-0.05, 0) is 79.8 Å². The molecule has 2 aliphatic heterocycles. The van der Waals surface area contributed by atoms with Gasteiger partial charge in [0.25, 0.3) is 5.92 Å². The summed E-state index contributed by atoms with van der Waals surface area (Å²) in [6.45, 7) is 0.554. The molecule has 2 saturated heterocycles. The summed E-state index contributed by atoms with van der Waals surface area (Å²) in [4.78, 5) is 15.3. The Kier molecular flexibility index (Phi) is 9.27. The SMILES string of the molecule is NC1CC2CCC(C1)N2C(=O)[C@H](NS(=O)(=O)c1ccc(OCC2CCCCC2)cc1)C(F)(F)c1ccc(-c2ccccc2)cc1. The number of benzene rings is 3. The predicted molar refractivity (Wildman–Crippen MR) is 169 cm³/mol. The molecule has 2 heterocycles. The van der Waals surface area contributed by atoms with Crippen LogP contribution >= 0.6 is 0 Å². The molecule has 3 N–H and O–H groups in total. The van der Waals surface area contributed by atoms with Gasteiger partial charge in [0.05, 0.1) is 11.5 Å². The molecule has 0 aromatic heterocycles. The molecule has 3 aromatic carbocycles. The van der Waals surface area contributed by atoms with E-state index < -0.39 is 33.5 Å². The third-order valence-corrected chi connectivity index (χ3v) is 11.1. The van der Waals surface area contributed by atoms with Gasteiger partial charge in [-0.1, -0.05) is 73.9 Å². The smallest absolute Gasteiger partial charge is 0.298 e. The fourth-order valence-electron chi connectivity index (χ4n) is 7.20. The Morgan fingerprint density at radius 2 is 1.47 bits per heavy atom. The number of sulfonamides is 1. The van der Waals surface area contributed by atoms with Crippen LogP contribution in [-0.2, 0) is 20.7 Å². The summed E-state index contributed by atoms with van der Waals surface area (Å²) in [6, 6.07) is 17.6. The molecule has 1 amide bonds. The number of halogens is 2. The first-order valence-electron chi connectivity index (χ1n) is 16.0. The van der Waals surface area contributed by atoms with Crippen LogP contribution in [0.15, 0.2) is 83.8 Å². The van der Waals surface area contributed by atoms with Crippen LogP contribution < -0.4 is 15.2 Å². The van der Waals surface area contributed by atoms with Crippen LogP contribution in [0.25, 0.3) is 11.1 Å². The molecule has 45 heavy (non-hydrogen) atoms. The monoisotopic (exact) mass is 637 g/mol. The van der Waals surface area contributed by atoms with E-state index in [1.54, 1.807) is 12.1 Å². The van der Waals surface area contributed by atoms with Gasteiger partial charge in [-0.15, -0.1) is 0 Å². The van der Waals surface area contributed by atoms with E-state index in [1.807, 2.05) is 30.3 Å². The van der Waals surface area contributed by atoms with Crippen molar-refractivity contribution in [2.45, 2.75) is 92.8 Å². The third kappa shape index (κ3) is 6.93. The lowest BCUT2D eigenvalue weighted by Gasteiger charge is -2.41. The lowest BCUT2D eigenvalue weighted by molar-refractivity contribution is -0.149. The van der Waals surface area contributed by atoms with Gasteiger partial charge in [-0.25, -0.2) is 8.42 Å². The van der Waals surface area contributed by atoms with E-state index in [1.165, 1.54) is 60.6 Å². The number of carbonyl (C=O) groups is 1. The first-order chi connectivity index (χ1) is 21.6. The van der Waals surface area contributed by atoms with Crippen LogP contribution in [0.1, 0.15) is 63.4 Å². The average Bonchev–Trinajstić information content (AvgIpc) is 3.33. The Bertz CT molecular complexity index is 1550. The number of nitrogens with one attached hydrogen (secondary N) is 1. The van der Waals surface area contributed by atoms with Crippen LogP contribution in [0.5, 0.6) is 5.75 Å². The van der Waals surface area contributed by atoms with E-state index in [9.17, 15) is 13.2 Å². The molecule has 6 rings (SSSR count). The molecular weight excluding hydrogens is 596 g/mol. The topological polar surface area (TPSA) is 102 Å². The zero-order chi connectivity index (χ0) is 31.6. The number of nitrogens with two attached hydrogens (primary N) is 1. The van der Waals surface area contributed by atoms with Crippen LogP contribution in [0, 0.1) is 5.92 Å². The summed E-state index contributed by atoms with van der Waals surface area (Å²) in [5.74, 6) is -3.79. The number of carbonyl (C=O) groups excluding carboxylic acids is 1. The van der Waals surface area contributed by atoms with Crippen molar-refractivity contribution in [1.82, 2.24) is 9.62 Å². The molecular formula is C35H41F2N3O4S. The average molecular weight is 638 g/mol. The zero-order valence-electron chi connectivity index (χ0n) is 25.3. The van der Waals surface area contributed by atoms with Gasteiger partial charge >= 0.3 is 0 Å². The Labute approximate surface area is 264 Å². The van der Waals surface area contributed by atoms with Crippen LogP contribution in [0.2, 0.25) is 0 Å². The molecule has 2 bridgehead atoms. The molecule has 3 aliphatic rings. The molecule has 1 aliphatic carbocycles. The van der Waals surface area contributed by atoms with Gasteiger partial charge in [0.1, 0.15) is 5.75 Å². The summed E-state index contributed by atoms with van der Waals surface area (Å²) in [5.41, 5.74) is 7.31. The fraction of sp³-hybridized carbons (Fsp3) is 0.457. The predicted octanol–water partition coefficient (Wildman–Crippen LogP) is 6.23. The number of rotatable bonds is 10. The van der Waals surface area contributed by atoms with Crippen molar-refractivity contribution in [2.75, 3.05) is 6.61 Å². The van der Waals surface area contributed by atoms with Gasteiger partial charge < -0.3 is 15.4 Å². The molecule has 3 aromatic rings. The molecule has 1 saturated carbocycles. The molecule has 2 unspecified atom stereocenters. The summed E-state index contributed by atoms with van der Waals surface area (Å²) in [5, 5.41) is 0. The molecule has 0 spiro atoms. The quantitative estimate of drug-likeness (QED) is 0.275. The molecule has 10 heteroatoms. The molecule has 0 radical (unpaired) electrons. The van der Waals surface area contributed by atoms with Gasteiger partial charge in [0.2, 0.25) is 15.9 Å². The van der Waals surface area contributed by atoms with E-state index in [0.29, 0.717) is 44.0 Å². The van der Waals surface area contributed by atoms with Crippen LogP contribution in [0.3, 0.4) is 0 Å². The lowest BCUT2D eigenvalue weighted by Crippen LogP contribution is -2.60. The lowest BCUT2D eigenvalue weighted by atomic mass is 9.90. The van der Waals surface area contributed by atoms with Crippen molar-refractivity contribution in [3.63, 3.8) is 0 Å². The summed E-state index contributed by atoms with van der Waals surface area (Å²) >= 11 is 0. The van der Waals surface area contributed by atoms with Crippen molar-refractivity contribution in [1.29, 1.82) is 0 Å². The Morgan fingerprint density at radius 1 is 0.867 bits per heavy atom. The maximum absolute atomic E-state index is 16.5. The second kappa shape index (κ2) is 13.2. The molecule has 3 fully saturated rings. The van der Waals surface area contributed by atoms with E-state index in [2.05, 4.69) is 4.72 Å². The summed E-state index contributed by atoms with van der Waals surface area (Å²) in [6.07, 6.45) is 8.15. The van der Waals surface area contributed by atoms with Crippen molar-refractivity contribution in [3.05, 3.63) is 84.4 Å². The molecule has 3 atom stereocenters. The number of amides is 1. The highest BCUT2D eigenvalue weighted by Gasteiger charge is 2.53. The van der Waals surface area contributed by atoms with E-state index in [4.69, 9.17) is 10.5 Å². The maximum Gasteiger partial charge on any atom is 0.298 e. The summed E-state index contributed by atoms with van der Waals surface area (Å²) in [7, 11) is -4.52. The van der Waals surface area contributed by atoms with Crippen molar-refractivity contribution in [3.8, 4) is 16.9 Å². The van der Waals surface area contributed by atoms with Gasteiger partial charge in [0.15, 0.2) is 6.04 Å². The molecule has 240 valence electrons. The van der Waals surface area contributed by atoms with Crippen molar-refractivity contribution >= 4 is 15.9 Å². The van der Waals surface area contributed by atoms with Crippen molar-refractivity contribution in [2.24, 2.45) is 11.7 Å². The van der Waals surface area contributed by atoms with E-state index in [0.717, 1.165) is 24.0 Å². The number of ether oxygens (including phenoxy) is 1. The number of fused-ring (bicyclic) bond motifs is 2. The maximum atomic E-state index is 16.5.